The Morgan fingerprint density at radius 1 is 1.27 bits per heavy atom. The molecular weight excluding hydrogens is 476 g/mol. The molecule has 0 aromatic carbocycles. The van der Waals surface area contributed by atoms with Crippen LogP contribution in [0.2, 0.25) is 4.34 Å². The van der Waals surface area contributed by atoms with Crippen LogP contribution in [0.1, 0.15) is 61.2 Å². The van der Waals surface area contributed by atoms with Gasteiger partial charge in [0.15, 0.2) is 5.01 Å². The number of carbonyl (C=O) groups excluding carboxylic acids is 1. The quantitative estimate of drug-likeness (QED) is 0.363. The van der Waals surface area contributed by atoms with E-state index in [0.29, 0.717) is 15.3 Å². The van der Waals surface area contributed by atoms with Crippen LogP contribution in [-0.4, -0.2) is 36.5 Å². The summed E-state index contributed by atoms with van der Waals surface area (Å²) in [6.45, 7) is 4.43. The van der Waals surface area contributed by atoms with Gasteiger partial charge in [0.25, 0.3) is 5.91 Å². The molecule has 0 saturated heterocycles. The molecule has 0 aliphatic heterocycles. The number of rotatable bonds is 6. The average molecular weight is 501 g/mol. The maximum absolute atomic E-state index is 12.7. The normalized spacial score (nSPS) is 18.8. The number of hydrogen-bond acceptors (Lipinski definition) is 7. The summed E-state index contributed by atoms with van der Waals surface area (Å²) in [5.74, 6) is 1.42. The molecule has 1 fully saturated rings. The van der Waals surface area contributed by atoms with E-state index in [2.05, 4.69) is 44.7 Å². The van der Waals surface area contributed by atoms with Gasteiger partial charge in [0, 0.05) is 30.1 Å². The van der Waals surface area contributed by atoms with Crippen LogP contribution in [0.4, 0.5) is 0 Å². The molecule has 0 bridgehead atoms. The lowest BCUT2D eigenvalue weighted by Gasteiger charge is -2.32. The first-order chi connectivity index (χ1) is 16.0. The SMILES string of the molecule is CC(C)Cc1nc2cnc(-c3nccs3)cc2n1[C@@H]1CCC[C@H](NC(=O)c2ncc(Cl)s2)C1. The minimum Gasteiger partial charge on any atom is -0.347 e. The van der Waals surface area contributed by atoms with Gasteiger partial charge < -0.3 is 9.88 Å². The zero-order valence-electron chi connectivity index (χ0n) is 18.5. The van der Waals surface area contributed by atoms with E-state index in [1.54, 1.807) is 17.5 Å². The summed E-state index contributed by atoms with van der Waals surface area (Å²) in [5, 5.41) is 6.46. The Bertz CT molecular complexity index is 1270. The standard InChI is InChI=1S/C23H25ClN6OS2/c1-13(2)8-20-29-17-11-26-16(22-25-6-7-32-22)10-18(17)30(20)15-5-3-4-14(9-15)28-21(31)23-27-12-19(24)33-23/h6-7,10-15H,3-5,8-9H2,1-2H3,(H,28,31)/t14-,15+/m0/s1. The first kappa shape index (κ1) is 22.4. The predicted molar refractivity (Wildman–Crippen MR) is 133 cm³/mol. The van der Waals surface area contributed by atoms with Crippen LogP contribution in [0.5, 0.6) is 0 Å². The lowest BCUT2D eigenvalue weighted by molar-refractivity contribution is 0.0920. The minimum atomic E-state index is -0.148. The highest BCUT2D eigenvalue weighted by Gasteiger charge is 2.29. The number of fused-ring (bicyclic) bond motifs is 1. The molecule has 0 spiro atoms. The lowest BCUT2D eigenvalue weighted by atomic mass is 9.90. The van der Waals surface area contributed by atoms with Crippen LogP contribution in [0.3, 0.4) is 0 Å². The summed E-state index contributed by atoms with van der Waals surface area (Å²) in [6.07, 6.45) is 10.00. The Morgan fingerprint density at radius 2 is 2.15 bits per heavy atom. The van der Waals surface area contributed by atoms with E-state index in [-0.39, 0.29) is 18.0 Å². The number of imidazole rings is 1. The summed E-state index contributed by atoms with van der Waals surface area (Å²) in [5.41, 5.74) is 2.88. The van der Waals surface area contributed by atoms with E-state index in [1.165, 1.54) is 17.5 Å². The Balaban J connectivity index is 1.46. The van der Waals surface area contributed by atoms with Gasteiger partial charge >= 0.3 is 0 Å². The van der Waals surface area contributed by atoms with Crippen molar-refractivity contribution in [2.45, 2.75) is 58.0 Å². The van der Waals surface area contributed by atoms with E-state index in [0.717, 1.165) is 59.7 Å². The Morgan fingerprint density at radius 3 is 2.88 bits per heavy atom. The Labute approximate surface area is 205 Å². The van der Waals surface area contributed by atoms with Gasteiger partial charge in [-0.25, -0.2) is 15.0 Å². The maximum Gasteiger partial charge on any atom is 0.280 e. The lowest BCUT2D eigenvalue weighted by Crippen LogP contribution is -2.39. The molecule has 7 nitrogen and oxygen atoms in total. The van der Waals surface area contributed by atoms with Crippen LogP contribution < -0.4 is 5.32 Å². The second-order valence-electron chi connectivity index (χ2n) is 8.85. The van der Waals surface area contributed by atoms with Crippen LogP contribution in [0.15, 0.2) is 30.0 Å². The van der Waals surface area contributed by atoms with Gasteiger partial charge in [-0.15, -0.1) is 11.3 Å². The van der Waals surface area contributed by atoms with Crippen LogP contribution >= 0.6 is 34.3 Å². The molecule has 1 saturated carbocycles. The summed E-state index contributed by atoms with van der Waals surface area (Å²) in [7, 11) is 0. The van der Waals surface area contributed by atoms with Crippen molar-refractivity contribution in [1.82, 2.24) is 29.8 Å². The molecule has 0 unspecified atom stereocenters. The number of halogens is 1. The fourth-order valence-electron chi connectivity index (χ4n) is 4.57. The first-order valence-electron chi connectivity index (χ1n) is 11.2. The van der Waals surface area contributed by atoms with Crippen LogP contribution in [0, 0.1) is 5.92 Å². The summed E-state index contributed by atoms with van der Waals surface area (Å²) in [4.78, 5) is 30.8. The molecule has 1 aliphatic rings. The largest absolute Gasteiger partial charge is 0.347 e. The summed E-state index contributed by atoms with van der Waals surface area (Å²) in [6, 6.07) is 2.46. The number of pyridine rings is 1. The number of nitrogens with one attached hydrogen (secondary N) is 1. The van der Waals surface area contributed by atoms with Crippen molar-refractivity contribution in [3.05, 3.63) is 45.2 Å². The van der Waals surface area contributed by atoms with Crippen molar-refractivity contribution in [2.75, 3.05) is 0 Å². The molecule has 1 N–H and O–H groups in total. The number of nitrogens with zero attached hydrogens (tertiary/aromatic N) is 5. The molecule has 0 radical (unpaired) electrons. The van der Waals surface area contributed by atoms with E-state index in [1.807, 2.05) is 11.6 Å². The van der Waals surface area contributed by atoms with E-state index in [4.69, 9.17) is 16.6 Å². The second-order valence-corrected chi connectivity index (χ2v) is 11.4. The third-order valence-electron chi connectivity index (χ3n) is 5.91. The molecule has 1 amide bonds. The molecule has 10 heteroatoms. The summed E-state index contributed by atoms with van der Waals surface area (Å²) >= 11 is 8.75. The second kappa shape index (κ2) is 9.48. The van der Waals surface area contributed by atoms with Crippen molar-refractivity contribution in [2.24, 2.45) is 5.92 Å². The Hall–Kier alpha value is -2.36. The Kier molecular flexibility index (Phi) is 6.44. The van der Waals surface area contributed by atoms with Gasteiger partial charge in [0.2, 0.25) is 0 Å². The van der Waals surface area contributed by atoms with Gasteiger partial charge in [0.05, 0.1) is 17.9 Å². The van der Waals surface area contributed by atoms with Crippen LogP contribution in [-0.2, 0) is 6.42 Å². The fraction of sp³-hybridized carbons (Fsp3) is 0.435. The van der Waals surface area contributed by atoms with Gasteiger partial charge in [-0.05, 0) is 37.7 Å². The third kappa shape index (κ3) is 4.81. The highest BCUT2D eigenvalue weighted by Crippen LogP contribution is 2.35. The zero-order chi connectivity index (χ0) is 22.9. The number of aromatic nitrogens is 5. The molecule has 2 atom stereocenters. The van der Waals surface area contributed by atoms with Crippen molar-refractivity contribution < 1.29 is 4.79 Å². The molecule has 4 aromatic rings. The van der Waals surface area contributed by atoms with Gasteiger partial charge in [0.1, 0.15) is 26.4 Å². The molecule has 172 valence electrons. The molecular formula is C23H25ClN6OS2. The number of thiazole rings is 2. The highest BCUT2D eigenvalue weighted by atomic mass is 35.5. The van der Waals surface area contributed by atoms with Crippen molar-refractivity contribution in [3.63, 3.8) is 0 Å². The van der Waals surface area contributed by atoms with Crippen molar-refractivity contribution >= 4 is 51.2 Å². The number of hydrogen-bond donors (Lipinski definition) is 1. The van der Waals surface area contributed by atoms with Crippen molar-refractivity contribution in [1.29, 1.82) is 0 Å². The smallest absolute Gasteiger partial charge is 0.280 e. The number of amides is 1. The zero-order valence-corrected chi connectivity index (χ0v) is 20.9. The monoisotopic (exact) mass is 500 g/mol. The predicted octanol–water partition coefficient (Wildman–Crippen LogP) is 5.78. The van der Waals surface area contributed by atoms with E-state index < -0.39 is 0 Å². The third-order valence-corrected chi connectivity index (χ3v) is 7.82. The van der Waals surface area contributed by atoms with Gasteiger partial charge in [-0.3, -0.25) is 9.78 Å². The average Bonchev–Trinajstić information content (AvgIpc) is 3.52. The summed E-state index contributed by atoms with van der Waals surface area (Å²) < 4.78 is 2.92. The van der Waals surface area contributed by atoms with Crippen molar-refractivity contribution in [3.8, 4) is 10.7 Å². The highest BCUT2D eigenvalue weighted by molar-refractivity contribution is 7.17. The first-order valence-corrected chi connectivity index (χ1v) is 13.2. The molecule has 4 heterocycles. The van der Waals surface area contributed by atoms with Crippen LogP contribution in [0.25, 0.3) is 21.7 Å². The molecule has 4 aromatic heterocycles. The minimum absolute atomic E-state index is 0.0866. The van der Waals surface area contributed by atoms with E-state index in [9.17, 15) is 4.79 Å². The topological polar surface area (TPSA) is 85.6 Å². The molecule has 5 rings (SSSR count). The molecule has 1 aliphatic carbocycles. The van der Waals surface area contributed by atoms with Gasteiger partial charge in [-0.2, -0.15) is 0 Å². The molecule has 33 heavy (non-hydrogen) atoms. The fourth-order valence-corrected chi connectivity index (χ4v) is 5.99. The maximum atomic E-state index is 12.7. The van der Waals surface area contributed by atoms with Gasteiger partial charge in [-0.1, -0.05) is 36.8 Å². The van der Waals surface area contributed by atoms with E-state index >= 15 is 0 Å². The number of carbonyl (C=O) groups is 1.